The van der Waals surface area contributed by atoms with Crippen LogP contribution >= 0.6 is 0 Å². The van der Waals surface area contributed by atoms with Gasteiger partial charge in [0.05, 0.1) is 0 Å². The summed E-state index contributed by atoms with van der Waals surface area (Å²) < 4.78 is 11.5. The molecule has 1 aromatic heterocycles. The van der Waals surface area contributed by atoms with Gasteiger partial charge < -0.3 is 9.15 Å². The molecule has 4 heteroatoms. The third kappa shape index (κ3) is 3.78. The van der Waals surface area contributed by atoms with E-state index in [4.69, 9.17) is 9.15 Å². The third-order valence-corrected chi connectivity index (χ3v) is 3.96. The second-order valence-electron chi connectivity index (χ2n) is 5.65. The number of aliphatic imine (C=N–C) groups is 1. The summed E-state index contributed by atoms with van der Waals surface area (Å²) in [6, 6.07) is 19.8. The molecule has 2 aromatic carbocycles. The van der Waals surface area contributed by atoms with Crippen molar-refractivity contribution in [2.45, 2.75) is 20.5 Å². The normalized spacial score (nSPS) is 10.8. The van der Waals surface area contributed by atoms with Crippen molar-refractivity contribution in [3.8, 4) is 11.8 Å². The number of benzene rings is 2. The van der Waals surface area contributed by atoms with Crippen LogP contribution in [0.15, 0.2) is 64.0 Å². The lowest BCUT2D eigenvalue weighted by Crippen LogP contribution is -1.98. The number of ether oxygens (including phenoxy) is 1. The zero-order valence-electron chi connectivity index (χ0n) is 14.2. The summed E-state index contributed by atoms with van der Waals surface area (Å²) in [5.74, 6) is 1.77. The van der Waals surface area contributed by atoms with Crippen LogP contribution in [-0.2, 0) is 6.61 Å². The van der Waals surface area contributed by atoms with Gasteiger partial charge in [0.1, 0.15) is 29.7 Å². The van der Waals surface area contributed by atoms with Crippen LogP contribution in [0.3, 0.4) is 0 Å². The Labute approximate surface area is 147 Å². The summed E-state index contributed by atoms with van der Waals surface area (Å²) in [6.45, 7) is 4.16. The number of rotatable bonds is 5. The molecule has 0 aliphatic carbocycles. The van der Waals surface area contributed by atoms with Crippen LogP contribution in [0, 0.1) is 25.2 Å². The molecule has 3 rings (SSSR count). The summed E-state index contributed by atoms with van der Waals surface area (Å²) in [7, 11) is 0. The van der Waals surface area contributed by atoms with Gasteiger partial charge in [0.15, 0.2) is 0 Å². The highest BCUT2D eigenvalue weighted by Crippen LogP contribution is 2.28. The minimum absolute atomic E-state index is 0.329. The van der Waals surface area contributed by atoms with E-state index in [1.807, 2.05) is 68.4 Å². The van der Waals surface area contributed by atoms with Gasteiger partial charge in [-0.05, 0) is 31.5 Å². The lowest BCUT2D eigenvalue weighted by atomic mass is 10.2. The molecule has 0 saturated heterocycles. The van der Waals surface area contributed by atoms with E-state index in [1.165, 1.54) is 0 Å². The molecule has 0 aliphatic rings. The van der Waals surface area contributed by atoms with E-state index in [1.54, 1.807) is 6.21 Å². The van der Waals surface area contributed by atoms with E-state index < -0.39 is 0 Å². The molecule has 0 N–H and O–H groups in total. The topological polar surface area (TPSA) is 58.5 Å². The van der Waals surface area contributed by atoms with E-state index in [-0.39, 0.29) is 0 Å². The van der Waals surface area contributed by atoms with Gasteiger partial charge in [-0.2, -0.15) is 5.26 Å². The van der Waals surface area contributed by atoms with Crippen LogP contribution in [0.1, 0.15) is 28.0 Å². The first kappa shape index (κ1) is 16.5. The molecule has 124 valence electrons. The molecule has 0 fully saturated rings. The average molecular weight is 330 g/mol. The maximum Gasteiger partial charge on any atom is 0.237 e. The van der Waals surface area contributed by atoms with Crippen molar-refractivity contribution in [1.82, 2.24) is 0 Å². The van der Waals surface area contributed by atoms with E-state index in [0.29, 0.717) is 23.8 Å². The Morgan fingerprint density at radius 1 is 1.08 bits per heavy atom. The number of hydrogen-bond acceptors (Lipinski definition) is 4. The van der Waals surface area contributed by atoms with Crippen LogP contribution in [0.25, 0.3) is 0 Å². The van der Waals surface area contributed by atoms with Crippen LogP contribution in [-0.4, -0.2) is 6.21 Å². The minimum atomic E-state index is 0.329. The Balaban J connectivity index is 1.82. The number of furan rings is 1. The molecule has 4 nitrogen and oxygen atoms in total. The number of nitriles is 1. The fraction of sp³-hybridized carbons (Fsp3) is 0.143. The molecular weight excluding hydrogens is 312 g/mol. The highest BCUT2D eigenvalue weighted by Gasteiger charge is 2.13. The quantitative estimate of drug-likeness (QED) is 0.612. The highest BCUT2D eigenvalue weighted by molar-refractivity contribution is 5.85. The summed E-state index contributed by atoms with van der Waals surface area (Å²) in [4.78, 5) is 4.35. The number of hydrogen-bond donors (Lipinski definition) is 0. The van der Waals surface area contributed by atoms with E-state index in [0.717, 1.165) is 22.4 Å². The van der Waals surface area contributed by atoms with Gasteiger partial charge >= 0.3 is 0 Å². The molecule has 0 amide bonds. The molecule has 0 bridgehead atoms. The Morgan fingerprint density at radius 2 is 1.80 bits per heavy atom. The summed E-state index contributed by atoms with van der Waals surface area (Å²) in [6.07, 6.45) is 1.67. The first-order valence-corrected chi connectivity index (χ1v) is 7.99. The van der Waals surface area contributed by atoms with Crippen molar-refractivity contribution in [1.29, 1.82) is 5.26 Å². The fourth-order valence-corrected chi connectivity index (χ4v) is 2.41. The van der Waals surface area contributed by atoms with Crippen molar-refractivity contribution in [2.24, 2.45) is 4.99 Å². The number of para-hydroxylation sites is 1. The smallest absolute Gasteiger partial charge is 0.237 e. The average Bonchev–Trinajstić information content (AvgIpc) is 2.93. The Morgan fingerprint density at radius 3 is 2.56 bits per heavy atom. The second kappa shape index (κ2) is 7.50. The zero-order chi connectivity index (χ0) is 17.6. The molecule has 0 radical (unpaired) electrons. The second-order valence-corrected chi connectivity index (χ2v) is 5.65. The van der Waals surface area contributed by atoms with Gasteiger partial charge in [-0.3, -0.25) is 0 Å². The molecule has 0 spiro atoms. The molecule has 0 unspecified atom stereocenters. The van der Waals surface area contributed by atoms with Crippen LogP contribution in [0.4, 0.5) is 5.88 Å². The van der Waals surface area contributed by atoms with Crippen LogP contribution < -0.4 is 4.74 Å². The molecular formula is C21H18N2O2. The van der Waals surface area contributed by atoms with Crippen LogP contribution in [0.2, 0.25) is 0 Å². The molecule has 0 aliphatic heterocycles. The Kier molecular flexibility index (Phi) is 4.96. The van der Waals surface area contributed by atoms with Crippen molar-refractivity contribution in [3.63, 3.8) is 0 Å². The van der Waals surface area contributed by atoms with Crippen molar-refractivity contribution in [3.05, 3.63) is 82.6 Å². The van der Waals surface area contributed by atoms with E-state index >= 15 is 0 Å². The molecule has 25 heavy (non-hydrogen) atoms. The van der Waals surface area contributed by atoms with Crippen LogP contribution in [0.5, 0.6) is 5.75 Å². The monoisotopic (exact) mass is 330 g/mol. The largest absolute Gasteiger partial charge is 0.488 e. The SMILES string of the molecule is Cc1oc(N=Cc2ccccc2OCc2ccccc2)c(C#N)c1C. The maximum absolute atomic E-state index is 9.27. The van der Waals surface area contributed by atoms with Gasteiger partial charge in [0.2, 0.25) is 5.88 Å². The van der Waals surface area contributed by atoms with Gasteiger partial charge in [-0.15, -0.1) is 0 Å². The van der Waals surface area contributed by atoms with Crippen molar-refractivity contribution < 1.29 is 9.15 Å². The van der Waals surface area contributed by atoms with Crippen molar-refractivity contribution >= 4 is 12.1 Å². The Bertz CT molecular complexity index is 934. The van der Waals surface area contributed by atoms with E-state index in [2.05, 4.69) is 11.1 Å². The predicted molar refractivity (Wildman–Crippen MR) is 97.4 cm³/mol. The first-order valence-electron chi connectivity index (χ1n) is 7.99. The molecule has 0 saturated carbocycles. The van der Waals surface area contributed by atoms with Gasteiger partial charge in [-0.1, -0.05) is 42.5 Å². The zero-order valence-corrected chi connectivity index (χ0v) is 14.2. The van der Waals surface area contributed by atoms with Gasteiger partial charge in [0, 0.05) is 17.3 Å². The van der Waals surface area contributed by atoms with E-state index in [9.17, 15) is 5.26 Å². The molecule has 1 heterocycles. The minimum Gasteiger partial charge on any atom is -0.488 e. The summed E-state index contributed by atoms with van der Waals surface area (Å²) in [5.41, 5.74) is 3.21. The van der Waals surface area contributed by atoms with Gasteiger partial charge in [0.25, 0.3) is 0 Å². The third-order valence-electron chi connectivity index (χ3n) is 3.96. The number of aryl methyl sites for hydroxylation is 1. The first-order chi connectivity index (χ1) is 12.2. The standard InChI is InChI=1S/C21H18N2O2/c1-15-16(2)25-21(19(15)12-22)23-13-18-10-6-7-11-20(18)24-14-17-8-4-3-5-9-17/h3-11,13H,14H2,1-2H3. The lowest BCUT2D eigenvalue weighted by molar-refractivity contribution is 0.306. The summed E-state index contributed by atoms with van der Waals surface area (Å²) in [5, 5.41) is 9.27. The highest BCUT2D eigenvalue weighted by atomic mass is 16.5. The maximum atomic E-state index is 9.27. The summed E-state index contributed by atoms with van der Waals surface area (Å²) >= 11 is 0. The molecule has 3 aromatic rings. The predicted octanol–water partition coefficient (Wildman–Crippen LogP) is 5.10. The molecule has 0 atom stereocenters. The number of nitrogens with zero attached hydrogens (tertiary/aromatic N) is 2. The lowest BCUT2D eigenvalue weighted by Gasteiger charge is -2.08. The van der Waals surface area contributed by atoms with Gasteiger partial charge in [-0.25, -0.2) is 4.99 Å². The van der Waals surface area contributed by atoms with Crippen molar-refractivity contribution in [2.75, 3.05) is 0 Å². The fourth-order valence-electron chi connectivity index (χ4n) is 2.41. The Hall–Kier alpha value is -3.32.